The van der Waals surface area contributed by atoms with Crippen LogP contribution in [0.15, 0.2) is 42.5 Å². The van der Waals surface area contributed by atoms with Crippen LogP contribution < -0.4 is 10.1 Å². The molecule has 1 aliphatic heterocycles. The Morgan fingerprint density at radius 2 is 1.90 bits per heavy atom. The molecule has 110 valence electrons. The maximum absolute atomic E-state index is 14.1. The van der Waals surface area contributed by atoms with Crippen LogP contribution in [0.3, 0.4) is 0 Å². The van der Waals surface area contributed by atoms with Crippen LogP contribution in [-0.4, -0.2) is 13.7 Å². The summed E-state index contributed by atoms with van der Waals surface area (Å²) < 4.78 is 19.5. The van der Waals surface area contributed by atoms with Crippen molar-refractivity contribution >= 4 is 0 Å². The van der Waals surface area contributed by atoms with Crippen LogP contribution in [0.2, 0.25) is 0 Å². The summed E-state index contributed by atoms with van der Waals surface area (Å²) in [5, 5.41) is 3.48. The third-order valence-corrected chi connectivity index (χ3v) is 4.26. The van der Waals surface area contributed by atoms with Crippen LogP contribution >= 0.6 is 0 Å². The third kappa shape index (κ3) is 2.42. The Morgan fingerprint density at radius 3 is 2.62 bits per heavy atom. The summed E-state index contributed by atoms with van der Waals surface area (Å²) in [5.41, 5.74) is 3.02. The van der Waals surface area contributed by atoms with Crippen molar-refractivity contribution in [1.29, 1.82) is 0 Å². The van der Waals surface area contributed by atoms with Crippen LogP contribution in [0.4, 0.5) is 4.39 Å². The minimum Gasteiger partial charge on any atom is -0.497 e. The number of fused-ring (bicyclic) bond motifs is 1. The molecule has 0 radical (unpaired) electrons. The number of ether oxygens (including phenoxy) is 1. The molecule has 0 saturated heterocycles. The summed E-state index contributed by atoms with van der Waals surface area (Å²) in [6.45, 7) is 5.18. The number of rotatable bonds is 2. The van der Waals surface area contributed by atoms with Gasteiger partial charge in [-0.25, -0.2) is 4.39 Å². The molecule has 0 saturated carbocycles. The van der Waals surface area contributed by atoms with Gasteiger partial charge in [0.15, 0.2) is 0 Å². The van der Waals surface area contributed by atoms with E-state index in [0.717, 1.165) is 17.9 Å². The van der Waals surface area contributed by atoms with E-state index in [0.29, 0.717) is 5.56 Å². The van der Waals surface area contributed by atoms with Gasteiger partial charge in [-0.3, -0.25) is 0 Å². The highest BCUT2D eigenvalue weighted by Crippen LogP contribution is 2.39. The van der Waals surface area contributed by atoms with Crippen molar-refractivity contribution in [2.45, 2.75) is 25.3 Å². The highest BCUT2D eigenvalue weighted by Gasteiger charge is 2.34. The fourth-order valence-corrected chi connectivity index (χ4v) is 3.05. The van der Waals surface area contributed by atoms with Gasteiger partial charge in [0, 0.05) is 17.5 Å². The molecule has 3 heteroatoms. The van der Waals surface area contributed by atoms with E-state index in [-0.39, 0.29) is 17.3 Å². The molecule has 1 aliphatic rings. The number of hydrogen-bond acceptors (Lipinski definition) is 2. The predicted octanol–water partition coefficient (Wildman–Crippen LogP) is 3.80. The molecule has 2 nitrogen and oxygen atoms in total. The molecule has 3 rings (SSSR count). The van der Waals surface area contributed by atoms with Gasteiger partial charge in [0.25, 0.3) is 0 Å². The van der Waals surface area contributed by atoms with E-state index in [9.17, 15) is 4.39 Å². The zero-order valence-corrected chi connectivity index (χ0v) is 12.6. The summed E-state index contributed by atoms with van der Waals surface area (Å²) in [6, 6.07) is 12.9. The van der Waals surface area contributed by atoms with Gasteiger partial charge in [0.1, 0.15) is 11.6 Å². The minimum atomic E-state index is -0.170. The minimum absolute atomic E-state index is 0.00830. The van der Waals surface area contributed by atoms with Gasteiger partial charge in [-0.05, 0) is 29.3 Å². The van der Waals surface area contributed by atoms with Crippen LogP contribution in [-0.2, 0) is 5.41 Å². The summed E-state index contributed by atoms with van der Waals surface area (Å²) in [7, 11) is 1.67. The smallest absolute Gasteiger partial charge is 0.128 e. The summed E-state index contributed by atoms with van der Waals surface area (Å²) in [5.74, 6) is 0.674. The Kier molecular flexibility index (Phi) is 3.46. The molecule has 1 N–H and O–H groups in total. The van der Waals surface area contributed by atoms with E-state index < -0.39 is 0 Å². The van der Waals surface area contributed by atoms with Crippen molar-refractivity contribution in [2.75, 3.05) is 13.7 Å². The second kappa shape index (κ2) is 5.15. The molecule has 1 heterocycles. The average molecular weight is 285 g/mol. The first-order chi connectivity index (χ1) is 10.0. The SMILES string of the molecule is COc1ccc2c(c1)C(C)(C)CNC2c1ccccc1F. The number of methoxy groups -OCH3 is 1. The normalized spacial score (nSPS) is 19.9. The second-order valence-corrected chi connectivity index (χ2v) is 6.17. The number of hydrogen-bond donors (Lipinski definition) is 1. The number of nitrogens with one attached hydrogen (secondary N) is 1. The lowest BCUT2D eigenvalue weighted by molar-refractivity contribution is 0.387. The highest BCUT2D eigenvalue weighted by molar-refractivity contribution is 5.47. The molecule has 0 aliphatic carbocycles. The lowest BCUT2D eigenvalue weighted by atomic mass is 9.75. The average Bonchev–Trinajstić information content (AvgIpc) is 2.48. The van der Waals surface area contributed by atoms with Crippen LogP contribution in [0.1, 0.15) is 36.6 Å². The Morgan fingerprint density at radius 1 is 1.14 bits per heavy atom. The molecule has 1 atom stereocenters. The van der Waals surface area contributed by atoms with Gasteiger partial charge in [0.05, 0.1) is 13.2 Å². The first-order valence-corrected chi connectivity index (χ1v) is 7.19. The van der Waals surface area contributed by atoms with Crippen LogP contribution in [0.5, 0.6) is 5.75 Å². The molecule has 0 aromatic heterocycles. The summed E-state index contributed by atoms with van der Waals surface area (Å²) >= 11 is 0. The van der Waals surface area contributed by atoms with Crippen molar-refractivity contribution in [3.63, 3.8) is 0 Å². The van der Waals surface area contributed by atoms with Crippen molar-refractivity contribution in [3.05, 3.63) is 65.0 Å². The topological polar surface area (TPSA) is 21.3 Å². The Balaban J connectivity index is 2.14. The second-order valence-electron chi connectivity index (χ2n) is 6.17. The van der Waals surface area contributed by atoms with E-state index in [1.54, 1.807) is 13.2 Å². The number of benzene rings is 2. The molecule has 0 fully saturated rings. The molecule has 21 heavy (non-hydrogen) atoms. The van der Waals surface area contributed by atoms with E-state index in [4.69, 9.17) is 4.74 Å². The quantitative estimate of drug-likeness (QED) is 0.906. The van der Waals surface area contributed by atoms with Crippen LogP contribution in [0.25, 0.3) is 0 Å². The van der Waals surface area contributed by atoms with Gasteiger partial charge < -0.3 is 10.1 Å². The van der Waals surface area contributed by atoms with E-state index in [1.807, 2.05) is 24.3 Å². The summed E-state index contributed by atoms with van der Waals surface area (Å²) in [6.07, 6.45) is 0. The monoisotopic (exact) mass is 285 g/mol. The standard InChI is InChI=1S/C18H20FNO/c1-18(2)11-20-17(14-6-4-5-7-16(14)19)13-9-8-12(21-3)10-15(13)18/h4-10,17,20H,11H2,1-3H3. The fourth-order valence-electron chi connectivity index (χ4n) is 3.05. The van der Waals surface area contributed by atoms with E-state index >= 15 is 0 Å². The zero-order chi connectivity index (χ0) is 15.0. The molecule has 2 aromatic rings. The third-order valence-electron chi connectivity index (χ3n) is 4.26. The van der Waals surface area contributed by atoms with E-state index in [1.165, 1.54) is 11.6 Å². The first-order valence-electron chi connectivity index (χ1n) is 7.19. The molecular formula is C18H20FNO. The van der Waals surface area contributed by atoms with Gasteiger partial charge in [-0.15, -0.1) is 0 Å². The fraction of sp³-hybridized carbons (Fsp3) is 0.333. The van der Waals surface area contributed by atoms with Gasteiger partial charge in [-0.1, -0.05) is 38.1 Å². The van der Waals surface area contributed by atoms with Gasteiger partial charge in [-0.2, -0.15) is 0 Å². The van der Waals surface area contributed by atoms with Crippen LogP contribution in [0, 0.1) is 5.82 Å². The van der Waals surface area contributed by atoms with E-state index in [2.05, 4.69) is 25.2 Å². The molecule has 0 spiro atoms. The van der Waals surface area contributed by atoms with Gasteiger partial charge in [0.2, 0.25) is 0 Å². The molecule has 0 amide bonds. The van der Waals surface area contributed by atoms with Crippen molar-refractivity contribution < 1.29 is 9.13 Å². The van der Waals surface area contributed by atoms with Crippen molar-refractivity contribution in [2.24, 2.45) is 0 Å². The zero-order valence-electron chi connectivity index (χ0n) is 12.6. The lowest BCUT2D eigenvalue weighted by Gasteiger charge is -2.38. The highest BCUT2D eigenvalue weighted by atomic mass is 19.1. The predicted molar refractivity (Wildman–Crippen MR) is 82.3 cm³/mol. The Labute approximate surface area is 125 Å². The van der Waals surface area contributed by atoms with Crippen molar-refractivity contribution in [3.8, 4) is 5.75 Å². The van der Waals surface area contributed by atoms with Crippen molar-refractivity contribution in [1.82, 2.24) is 5.32 Å². The maximum Gasteiger partial charge on any atom is 0.128 e. The lowest BCUT2D eigenvalue weighted by Crippen LogP contribution is -2.42. The first kappa shape index (κ1) is 14.1. The van der Waals surface area contributed by atoms with Gasteiger partial charge >= 0.3 is 0 Å². The molecule has 0 bridgehead atoms. The summed E-state index contributed by atoms with van der Waals surface area (Å²) in [4.78, 5) is 0. The maximum atomic E-state index is 14.1. The molecule has 2 aromatic carbocycles. The molecule has 1 unspecified atom stereocenters. The largest absolute Gasteiger partial charge is 0.497 e. The molecular weight excluding hydrogens is 265 g/mol. The Bertz CT molecular complexity index is 666. The number of halogens is 1. The Hall–Kier alpha value is -1.87.